The van der Waals surface area contributed by atoms with Gasteiger partial charge in [-0.15, -0.1) is 0 Å². The van der Waals surface area contributed by atoms with Crippen molar-refractivity contribution in [3.63, 3.8) is 0 Å². The average Bonchev–Trinajstić information content (AvgIpc) is 2.36. The lowest BCUT2D eigenvalue weighted by atomic mass is 10.2. The van der Waals surface area contributed by atoms with Crippen molar-refractivity contribution in [2.45, 2.75) is 0 Å². The van der Waals surface area contributed by atoms with E-state index in [1.807, 2.05) is 6.07 Å². The first-order valence-corrected chi connectivity index (χ1v) is 5.02. The van der Waals surface area contributed by atoms with Gasteiger partial charge in [-0.05, 0) is 24.3 Å². The molecule has 0 fully saturated rings. The van der Waals surface area contributed by atoms with E-state index in [-0.39, 0.29) is 11.5 Å². The van der Waals surface area contributed by atoms with Crippen LogP contribution in [0, 0.1) is 23.0 Å². The maximum atomic E-state index is 13.0. The molecule has 0 aliphatic heterocycles. The topological polar surface area (TPSA) is 59.0 Å². The number of nitrogens with two attached hydrogens (primary N) is 1. The Bertz CT molecular complexity index is 635. The molecule has 0 aliphatic carbocycles. The van der Waals surface area contributed by atoms with Gasteiger partial charge in [0.2, 0.25) is 0 Å². The number of halogens is 2. The first kappa shape index (κ1) is 11.9. The van der Waals surface area contributed by atoms with Gasteiger partial charge < -0.3 is 10.5 Å². The van der Waals surface area contributed by atoms with Crippen LogP contribution in [-0.4, -0.2) is 0 Å². The summed E-state index contributed by atoms with van der Waals surface area (Å²) in [5, 5.41) is 8.74. The van der Waals surface area contributed by atoms with Crippen LogP contribution >= 0.6 is 0 Å². The van der Waals surface area contributed by atoms with Crippen molar-refractivity contribution in [2.75, 3.05) is 5.73 Å². The highest BCUT2D eigenvalue weighted by Crippen LogP contribution is 2.29. The Hall–Kier alpha value is -2.61. The lowest BCUT2D eigenvalue weighted by molar-refractivity contribution is 0.463. The van der Waals surface area contributed by atoms with Gasteiger partial charge in [-0.1, -0.05) is 0 Å². The fourth-order valence-corrected chi connectivity index (χ4v) is 1.36. The van der Waals surface area contributed by atoms with E-state index < -0.39 is 11.6 Å². The molecule has 0 bridgehead atoms. The summed E-state index contributed by atoms with van der Waals surface area (Å²) in [5.41, 5.74) is 6.32. The van der Waals surface area contributed by atoms with E-state index >= 15 is 0 Å². The quantitative estimate of drug-likeness (QED) is 0.827. The van der Waals surface area contributed by atoms with Gasteiger partial charge in [0.1, 0.15) is 5.75 Å². The Balaban J connectivity index is 2.33. The van der Waals surface area contributed by atoms with E-state index in [4.69, 9.17) is 15.7 Å². The average molecular weight is 246 g/mol. The first-order chi connectivity index (χ1) is 8.60. The number of ether oxygens (including phenoxy) is 1. The summed E-state index contributed by atoms with van der Waals surface area (Å²) in [7, 11) is 0. The third-order valence-electron chi connectivity index (χ3n) is 2.26. The van der Waals surface area contributed by atoms with Crippen molar-refractivity contribution in [2.24, 2.45) is 0 Å². The lowest BCUT2D eigenvalue weighted by Gasteiger charge is -2.08. The van der Waals surface area contributed by atoms with Gasteiger partial charge in [0, 0.05) is 12.1 Å². The minimum atomic E-state index is -1.01. The molecule has 0 spiro atoms. The van der Waals surface area contributed by atoms with Crippen LogP contribution in [0.3, 0.4) is 0 Å². The maximum absolute atomic E-state index is 13.0. The van der Waals surface area contributed by atoms with Crippen molar-refractivity contribution < 1.29 is 13.5 Å². The summed E-state index contributed by atoms with van der Waals surface area (Å²) in [6, 6.07) is 9.54. The second-order valence-corrected chi connectivity index (χ2v) is 3.54. The van der Waals surface area contributed by atoms with Crippen LogP contribution in [0.5, 0.6) is 11.5 Å². The third kappa shape index (κ3) is 2.38. The summed E-state index contributed by atoms with van der Waals surface area (Å²) < 4.78 is 31.0. The van der Waals surface area contributed by atoms with Crippen LogP contribution < -0.4 is 10.5 Å². The van der Waals surface area contributed by atoms with Gasteiger partial charge in [-0.3, -0.25) is 0 Å². The fourth-order valence-electron chi connectivity index (χ4n) is 1.36. The lowest BCUT2D eigenvalue weighted by Crippen LogP contribution is -1.94. The molecule has 0 unspecified atom stereocenters. The standard InChI is InChI=1S/C13H8F2N2O/c14-10-3-2-9(6-11(10)15)18-13-5-8(7-16)1-4-12(13)17/h1-6H,17H2. The summed E-state index contributed by atoms with van der Waals surface area (Å²) >= 11 is 0. The molecule has 0 aliphatic rings. The second kappa shape index (κ2) is 4.72. The van der Waals surface area contributed by atoms with Crippen molar-refractivity contribution in [3.8, 4) is 17.6 Å². The molecule has 90 valence electrons. The molecule has 2 aromatic carbocycles. The maximum Gasteiger partial charge on any atom is 0.162 e. The predicted molar refractivity (Wildman–Crippen MR) is 62.0 cm³/mol. The monoisotopic (exact) mass is 246 g/mol. The Morgan fingerprint density at radius 1 is 1.06 bits per heavy atom. The van der Waals surface area contributed by atoms with Crippen molar-refractivity contribution >= 4 is 5.69 Å². The van der Waals surface area contributed by atoms with Gasteiger partial charge >= 0.3 is 0 Å². The number of hydrogen-bond donors (Lipinski definition) is 1. The van der Waals surface area contributed by atoms with Gasteiger partial charge in [-0.25, -0.2) is 8.78 Å². The van der Waals surface area contributed by atoms with E-state index in [9.17, 15) is 8.78 Å². The van der Waals surface area contributed by atoms with Crippen molar-refractivity contribution in [1.29, 1.82) is 5.26 Å². The highest BCUT2D eigenvalue weighted by Gasteiger charge is 2.07. The molecule has 0 aromatic heterocycles. The van der Waals surface area contributed by atoms with Crippen molar-refractivity contribution in [3.05, 3.63) is 53.6 Å². The van der Waals surface area contributed by atoms with Gasteiger partial charge in [0.05, 0.1) is 17.3 Å². The summed E-state index contributed by atoms with van der Waals surface area (Å²) in [6.45, 7) is 0. The zero-order valence-corrected chi connectivity index (χ0v) is 9.15. The number of rotatable bonds is 2. The van der Waals surface area contributed by atoms with Crippen LogP contribution in [0.4, 0.5) is 14.5 Å². The molecule has 18 heavy (non-hydrogen) atoms. The molecule has 2 rings (SSSR count). The van der Waals surface area contributed by atoms with Gasteiger partial charge in [0.15, 0.2) is 17.4 Å². The fraction of sp³-hybridized carbons (Fsp3) is 0. The van der Waals surface area contributed by atoms with Crippen LogP contribution in [-0.2, 0) is 0 Å². The van der Waals surface area contributed by atoms with E-state index in [1.165, 1.54) is 24.3 Å². The minimum Gasteiger partial charge on any atom is -0.455 e. The highest BCUT2D eigenvalue weighted by atomic mass is 19.2. The molecule has 3 nitrogen and oxygen atoms in total. The number of anilines is 1. The Labute approximate surface area is 102 Å². The summed E-state index contributed by atoms with van der Waals surface area (Å²) in [5.74, 6) is -1.64. The number of nitrogens with zero attached hydrogens (tertiary/aromatic N) is 1. The van der Waals surface area contributed by atoms with Crippen LogP contribution in [0.15, 0.2) is 36.4 Å². The molecule has 0 saturated carbocycles. The molecule has 0 atom stereocenters. The van der Waals surface area contributed by atoms with Crippen molar-refractivity contribution in [1.82, 2.24) is 0 Å². The SMILES string of the molecule is N#Cc1ccc(N)c(Oc2ccc(F)c(F)c2)c1. The van der Waals surface area contributed by atoms with Gasteiger partial charge in [0.25, 0.3) is 0 Å². The second-order valence-electron chi connectivity index (χ2n) is 3.54. The van der Waals surface area contributed by atoms with Crippen LogP contribution in [0.1, 0.15) is 5.56 Å². The normalized spacial score (nSPS) is 9.83. The van der Waals surface area contributed by atoms with E-state index in [0.29, 0.717) is 11.3 Å². The molecular weight excluding hydrogens is 238 g/mol. The smallest absolute Gasteiger partial charge is 0.162 e. The highest BCUT2D eigenvalue weighted by molar-refractivity contribution is 5.57. The predicted octanol–water partition coefficient (Wildman–Crippen LogP) is 3.21. The number of nitriles is 1. The third-order valence-corrected chi connectivity index (χ3v) is 2.26. The molecule has 0 saturated heterocycles. The molecule has 0 amide bonds. The van der Waals surface area contributed by atoms with E-state index in [0.717, 1.165) is 12.1 Å². The molecule has 5 heteroatoms. The summed E-state index contributed by atoms with van der Waals surface area (Å²) in [6.07, 6.45) is 0. The summed E-state index contributed by atoms with van der Waals surface area (Å²) in [4.78, 5) is 0. The zero-order valence-electron chi connectivity index (χ0n) is 9.15. The van der Waals surface area contributed by atoms with Gasteiger partial charge in [-0.2, -0.15) is 5.26 Å². The molecule has 2 aromatic rings. The largest absolute Gasteiger partial charge is 0.455 e. The Morgan fingerprint density at radius 3 is 2.50 bits per heavy atom. The Kier molecular flexibility index (Phi) is 3.11. The number of nitrogen functional groups attached to an aromatic ring is 1. The van der Waals surface area contributed by atoms with E-state index in [1.54, 1.807) is 0 Å². The first-order valence-electron chi connectivity index (χ1n) is 5.02. The minimum absolute atomic E-state index is 0.107. The Morgan fingerprint density at radius 2 is 1.83 bits per heavy atom. The number of benzene rings is 2. The van der Waals surface area contributed by atoms with Crippen LogP contribution in [0.2, 0.25) is 0 Å². The molecular formula is C13H8F2N2O. The molecule has 2 N–H and O–H groups in total. The van der Waals surface area contributed by atoms with E-state index in [2.05, 4.69) is 0 Å². The van der Waals surface area contributed by atoms with Crippen LogP contribution in [0.25, 0.3) is 0 Å². The molecule has 0 radical (unpaired) electrons. The number of hydrogen-bond acceptors (Lipinski definition) is 3. The molecule has 0 heterocycles. The zero-order chi connectivity index (χ0) is 13.1.